The highest BCUT2D eigenvalue weighted by atomic mass is 16.5. The van der Waals surface area contributed by atoms with E-state index in [9.17, 15) is 9.59 Å². The van der Waals surface area contributed by atoms with Gasteiger partial charge in [0, 0.05) is 6.54 Å². The van der Waals surface area contributed by atoms with Gasteiger partial charge in [0.2, 0.25) is 5.91 Å². The number of amides is 3. The maximum atomic E-state index is 12.2. The molecule has 1 aliphatic heterocycles. The number of ether oxygens (including phenoxy) is 1. The second-order valence-corrected chi connectivity index (χ2v) is 4.16. The summed E-state index contributed by atoms with van der Waals surface area (Å²) >= 11 is 0. The summed E-state index contributed by atoms with van der Waals surface area (Å²) in [6, 6.07) is 6.49. The second-order valence-electron chi connectivity index (χ2n) is 4.16. The molecule has 0 aliphatic carbocycles. The average Bonchev–Trinajstić information content (AvgIpc) is 2.40. The van der Waals surface area contributed by atoms with Crippen molar-refractivity contribution in [3.05, 3.63) is 24.3 Å². The maximum Gasteiger partial charge on any atom is 0.328 e. The van der Waals surface area contributed by atoms with Gasteiger partial charge in [0.1, 0.15) is 5.75 Å². The number of methoxy groups -OCH3 is 1. The van der Waals surface area contributed by atoms with E-state index in [1.54, 1.807) is 31.4 Å². The summed E-state index contributed by atoms with van der Waals surface area (Å²) in [6.45, 7) is 2.35. The molecule has 1 aliphatic rings. The molecule has 1 saturated heterocycles. The van der Waals surface area contributed by atoms with Gasteiger partial charge in [-0.1, -0.05) is 6.92 Å². The zero-order valence-corrected chi connectivity index (χ0v) is 10.5. The highest BCUT2D eigenvalue weighted by Crippen LogP contribution is 2.23. The van der Waals surface area contributed by atoms with Crippen LogP contribution in [0, 0.1) is 5.92 Å². The van der Waals surface area contributed by atoms with E-state index in [-0.39, 0.29) is 17.9 Å². The lowest BCUT2D eigenvalue weighted by Crippen LogP contribution is -2.55. The summed E-state index contributed by atoms with van der Waals surface area (Å²) in [5.74, 6) is 0.395. The molecule has 2 rings (SSSR count). The molecule has 1 heterocycles. The number of carbonyl (C=O) groups is 2. The van der Waals surface area contributed by atoms with Crippen LogP contribution in [0.1, 0.15) is 13.3 Å². The fraction of sp³-hybridized carbons (Fsp3) is 0.385. The van der Waals surface area contributed by atoms with Crippen LogP contribution in [0.4, 0.5) is 10.5 Å². The fourth-order valence-corrected chi connectivity index (χ4v) is 1.95. The molecule has 0 saturated carbocycles. The Kier molecular flexibility index (Phi) is 3.50. The van der Waals surface area contributed by atoms with Gasteiger partial charge < -0.3 is 10.1 Å². The Labute approximate surface area is 106 Å². The van der Waals surface area contributed by atoms with Crippen LogP contribution in [0.2, 0.25) is 0 Å². The van der Waals surface area contributed by atoms with Crippen LogP contribution in [-0.4, -0.2) is 25.6 Å². The molecule has 1 unspecified atom stereocenters. The van der Waals surface area contributed by atoms with Gasteiger partial charge in [0.15, 0.2) is 0 Å². The minimum atomic E-state index is -0.366. The molecule has 0 aromatic heterocycles. The molecular weight excluding hydrogens is 232 g/mol. The minimum Gasteiger partial charge on any atom is -0.497 e. The third-order valence-electron chi connectivity index (χ3n) is 3.10. The Morgan fingerprint density at radius 2 is 2.00 bits per heavy atom. The predicted octanol–water partition coefficient (Wildman–Crippen LogP) is 1.78. The van der Waals surface area contributed by atoms with Crippen LogP contribution in [0.15, 0.2) is 24.3 Å². The molecule has 5 heteroatoms. The quantitative estimate of drug-likeness (QED) is 0.887. The molecule has 96 valence electrons. The number of rotatable bonds is 3. The Morgan fingerprint density at radius 3 is 2.56 bits per heavy atom. The fourth-order valence-electron chi connectivity index (χ4n) is 1.95. The standard InChI is InChI=1S/C13H16N2O3/c1-3-9-8-14-13(17)15(12(9)16)10-4-6-11(18-2)7-5-10/h4-7,9H,3,8H2,1-2H3,(H,14,17). The molecule has 18 heavy (non-hydrogen) atoms. The van der Waals surface area contributed by atoms with Crippen molar-refractivity contribution in [2.24, 2.45) is 5.92 Å². The number of nitrogens with one attached hydrogen (secondary N) is 1. The van der Waals surface area contributed by atoms with Gasteiger partial charge in [-0.15, -0.1) is 0 Å². The Morgan fingerprint density at radius 1 is 1.33 bits per heavy atom. The molecular formula is C13H16N2O3. The van der Waals surface area contributed by atoms with E-state index in [4.69, 9.17) is 4.74 Å². The largest absolute Gasteiger partial charge is 0.497 e. The SMILES string of the molecule is CCC1CNC(=O)N(c2ccc(OC)cc2)C1=O. The van der Waals surface area contributed by atoms with Crippen LogP contribution in [0.25, 0.3) is 0 Å². The van der Waals surface area contributed by atoms with Crippen molar-refractivity contribution in [1.29, 1.82) is 0 Å². The van der Waals surface area contributed by atoms with Gasteiger partial charge in [0.25, 0.3) is 0 Å². The number of nitrogens with zero attached hydrogens (tertiary/aromatic N) is 1. The van der Waals surface area contributed by atoms with Crippen LogP contribution in [0.5, 0.6) is 5.75 Å². The Balaban J connectivity index is 2.28. The van der Waals surface area contributed by atoms with Crippen molar-refractivity contribution in [1.82, 2.24) is 5.32 Å². The van der Waals surface area contributed by atoms with Crippen LogP contribution in [-0.2, 0) is 4.79 Å². The number of hydrogen-bond donors (Lipinski definition) is 1. The number of carbonyl (C=O) groups excluding carboxylic acids is 2. The number of hydrogen-bond acceptors (Lipinski definition) is 3. The van der Waals surface area contributed by atoms with E-state index in [0.717, 1.165) is 0 Å². The van der Waals surface area contributed by atoms with Gasteiger partial charge in [-0.2, -0.15) is 0 Å². The Bertz CT molecular complexity index is 456. The lowest BCUT2D eigenvalue weighted by atomic mass is 10.0. The molecule has 3 amide bonds. The van der Waals surface area contributed by atoms with Crippen molar-refractivity contribution in [2.45, 2.75) is 13.3 Å². The molecule has 0 radical (unpaired) electrons. The zero-order chi connectivity index (χ0) is 13.1. The normalized spacial score (nSPS) is 19.7. The second kappa shape index (κ2) is 5.08. The summed E-state index contributed by atoms with van der Waals surface area (Å²) in [5, 5.41) is 2.73. The number of anilines is 1. The van der Waals surface area contributed by atoms with Crippen molar-refractivity contribution >= 4 is 17.6 Å². The monoisotopic (exact) mass is 248 g/mol. The van der Waals surface area contributed by atoms with Gasteiger partial charge >= 0.3 is 6.03 Å². The summed E-state index contributed by atoms with van der Waals surface area (Å²) in [6.07, 6.45) is 0.714. The van der Waals surface area contributed by atoms with E-state index in [1.165, 1.54) is 4.90 Å². The summed E-state index contributed by atoms with van der Waals surface area (Å²) in [5.41, 5.74) is 0.566. The van der Waals surface area contributed by atoms with Crippen molar-refractivity contribution in [3.63, 3.8) is 0 Å². The highest BCUT2D eigenvalue weighted by molar-refractivity contribution is 6.16. The van der Waals surface area contributed by atoms with Crippen LogP contribution in [0.3, 0.4) is 0 Å². The van der Waals surface area contributed by atoms with Gasteiger partial charge in [-0.25, -0.2) is 9.69 Å². The first kappa shape index (κ1) is 12.4. The van der Waals surface area contributed by atoms with E-state index >= 15 is 0 Å². The zero-order valence-electron chi connectivity index (χ0n) is 10.5. The predicted molar refractivity (Wildman–Crippen MR) is 67.7 cm³/mol. The van der Waals surface area contributed by atoms with Crippen molar-refractivity contribution in [3.8, 4) is 5.75 Å². The smallest absolute Gasteiger partial charge is 0.328 e. The van der Waals surface area contributed by atoms with Gasteiger partial charge in [-0.3, -0.25) is 4.79 Å². The molecule has 1 fully saturated rings. The average molecular weight is 248 g/mol. The third kappa shape index (κ3) is 2.16. The summed E-state index contributed by atoms with van der Waals surface area (Å²) in [7, 11) is 1.57. The van der Waals surface area contributed by atoms with E-state index in [2.05, 4.69) is 5.32 Å². The summed E-state index contributed by atoms with van der Waals surface area (Å²) in [4.78, 5) is 25.1. The topological polar surface area (TPSA) is 58.6 Å². The van der Waals surface area contributed by atoms with E-state index < -0.39 is 0 Å². The number of imide groups is 1. The number of urea groups is 1. The highest BCUT2D eigenvalue weighted by Gasteiger charge is 2.33. The minimum absolute atomic E-state index is 0.147. The first-order valence-corrected chi connectivity index (χ1v) is 5.93. The first-order valence-electron chi connectivity index (χ1n) is 5.93. The lowest BCUT2D eigenvalue weighted by Gasteiger charge is -2.30. The molecule has 1 aromatic rings. The van der Waals surface area contributed by atoms with Crippen LogP contribution >= 0.6 is 0 Å². The Hall–Kier alpha value is -2.04. The summed E-state index contributed by atoms with van der Waals surface area (Å²) < 4.78 is 5.05. The molecule has 1 aromatic carbocycles. The van der Waals surface area contributed by atoms with Crippen molar-refractivity contribution < 1.29 is 14.3 Å². The maximum absolute atomic E-state index is 12.2. The van der Waals surface area contributed by atoms with Crippen LogP contribution < -0.4 is 15.0 Å². The number of benzene rings is 1. The molecule has 5 nitrogen and oxygen atoms in total. The molecule has 1 atom stereocenters. The van der Waals surface area contributed by atoms with E-state index in [0.29, 0.717) is 24.4 Å². The van der Waals surface area contributed by atoms with Gasteiger partial charge in [0.05, 0.1) is 18.7 Å². The van der Waals surface area contributed by atoms with E-state index in [1.807, 2.05) is 6.92 Å². The third-order valence-corrected chi connectivity index (χ3v) is 3.10. The molecule has 0 spiro atoms. The van der Waals surface area contributed by atoms with Gasteiger partial charge in [-0.05, 0) is 30.7 Å². The lowest BCUT2D eigenvalue weighted by molar-refractivity contribution is -0.122. The molecule has 0 bridgehead atoms. The molecule has 1 N–H and O–H groups in total. The van der Waals surface area contributed by atoms with Crippen molar-refractivity contribution in [2.75, 3.05) is 18.6 Å². The first-order chi connectivity index (χ1) is 8.67.